The van der Waals surface area contributed by atoms with E-state index in [1.165, 1.54) is 0 Å². The molecule has 0 spiro atoms. The lowest BCUT2D eigenvalue weighted by Crippen LogP contribution is -2.37. The van der Waals surface area contributed by atoms with E-state index in [0.717, 1.165) is 41.7 Å². The summed E-state index contributed by atoms with van der Waals surface area (Å²) in [5.74, 6) is 0.974. The van der Waals surface area contributed by atoms with Crippen molar-refractivity contribution in [2.75, 3.05) is 19.7 Å². The zero-order valence-corrected chi connectivity index (χ0v) is 12.1. The van der Waals surface area contributed by atoms with Gasteiger partial charge in [-0.1, -0.05) is 0 Å². The molecule has 0 aliphatic carbocycles. The van der Waals surface area contributed by atoms with Crippen molar-refractivity contribution in [2.24, 2.45) is 0 Å². The van der Waals surface area contributed by atoms with Gasteiger partial charge in [-0.2, -0.15) is 0 Å². The first kappa shape index (κ1) is 12.3. The largest absolute Gasteiger partial charge is 0.453 e. The van der Waals surface area contributed by atoms with Gasteiger partial charge in [0.1, 0.15) is 16.9 Å². The summed E-state index contributed by atoms with van der Waals surface area (Å²) in [5.41, 5.74) is 0. The second-order valence-corrected chi connectivity index (χ2v) is 5.88. The van der Waals surface area contributed by atoms with Gasteiger partial charge in [0.25, 0.3) is 0 Å². The molecule has 0 unspecified atom stereocenters. The molecule has 0 radical (unpaired) electrons. The van der Waals surface area contributed by atoms with Gasteiger partial charge < -0.3 is 9.15 Å². The number of ether oxygens (including phenoxy) is 1. The predicted octanol–water partition coefficient (Wildman–Crippen LogP) is 3.07. The number of aromatic nitrogens is 1. The molecular weight excluding hydrogens is 316 g/mol. The minimum absolute atomic E-state index is 0.0946. The number of nitrogens with zero attached hydrogens (tertiary/aromatic N) is 2. The lowest BCUT2D eigenvalue weighted by molar-refractivity contribution is -0.0348. The van der Waals surface area contributed by atoms with Gasteiger partial charge in [-0.25, -0.2) is 4.98 Å². The third-order valence-corrected chi connectivity index (χ3v) is 4.18. The Balaban J connectivity index is 1.63. The number of hydrogen-bond acceptors (Lipinski definition) is 5. The number of hydrogen-bond donors (Lipinski definition) is 0. The summed E-state index contributed by atoms with van der Waals surface area (Å²) in [4.78, 5) is 6.66. The third-order valence-electron chi connectivity index (χ3n) is 2.89. The van der Waals surface area contributed by atoms with Crippen molar-refractivity contribution < 1.29 is 9.15 Å². The Kier molecular flexibility index (Phi) is 3.79. The topological polar surface area (TPSA) is 38.5 Å². The van der Waals surface area contributed by atoms with E-state index in [0.29, 0.717) is 0 Å². The smallest absolute Gasteiger partial charge is 0.169 e. The van der Waals surface area contributed by atoms with Gasteiger partial charge in [-0.3, -0.25) is 4.90 Å². The number of rotatable bonds is 3. The highest BCUT2D eigenvalue weighted by Gasteiger charge is 2.24. The van der Waals surface area contributed by atoms with Gasteiger partial charge in [0.15, 0.2) is 4.67 Å². The van der Waals surface area contributed by atoms with Crippen molar-refractivity contribution in [3.05, 3.63) is 39.1 Å². The summed E-state index contributed by atoms with van der Waals surface area (Å²) < 4.78 is 12.1. The number of halogens is 1. The monoisotopic (exact) mass is 328 g/mol. The maximum atomic E-state index is 5.76. The Morgan fingerprint density at radius 1 is 1.50 bits per heavy atom. The number of furan rings is 1. The molecule has 3 rings (SSSR count). The van der Waals surface area contributed by atoms with Crippen LogP contribution in [0.25, 0.3) is 0 Å². The Morgan fingerprint density at radius 3 is 3.17 bits per heavy atom. The molecule has 96 valence electrons. The normalized spacial score (nSPS) is 21.3. The first-order valence-corrected chi connectivity index (χ1v) is 7.46. The quantitative estimate of drug-likeness (QED) is 0.867. The molecule has 3 heterocycles. The summed E-state index contributed by atoms with van der Waals surface area (Å²) in [6, 6.07) is 3.92. The van der Waals surface area contributed by atoms with E-state index in [2.05, 4.69) is 25.8 Å². The summed E-state index contributed by atoms with van der Waals surface area (Å²) in [7, 11) is 0. The molecule has 6 heteroatoms. The van der Waals surface area contributed by atoms with Crippen LogP contribution in [0.2, 0.25) is 0 Å². The molecule has 2 aromatic rings. The molecule has 1 aliphatic rings. The van der Waals surface area contributed by atoms with Crippen LogP contribution in [0, 0.1) is 0 Å². The maximum absolute atomic E-state index is 5.76. The van der Waals surface area contributed by atoms with Crippen LogP contribution >= 0.6 is 27.3 Å². The molecule has 1 saturated heterocycles. The average molecular weight is 329 g/mol. The van der Waals surface area contributed by atoms with Gasteiger partial charge in [0.2, 0.25) is 0 Å². The van der Waals surface area contributed by atoms with E-state index in [9.17, 15) is 0 Å². The van der Waals surface area contributed by atoms with E-state index in [-0.39, 0.29) is 6.10 Å². The lowest BCUT2D eigenvalue weighted by atomic mass is 10.2. The molecule has 0 saturated carbocycles. The molecule has 1 fully saturated rings. The minimum atomic E-state index is 0.0946. The Bertz CT molecular complexity index is 500. The van der Waals surface area contributed by atoms with Crippen LogP contribution in [0.4, 0.5) is 0 Å². The Hall–Kier alpha value is -0.690. The minimum Gasteiger partial charge on any atom is -0.453 e. The summed E-state index contributed by atoms with van der Waals surface area (Å²) >= 11 is 4.97. The van der Waals surface area contributed by atoms with Crippen LogP contribution in [0.3, 0.4) is 0 Å². The van der Waals surface area contributed by atoms with E-state index < -0.39 is 0 Å². The third kappa shape index (κ3) is 2.83. The van der Waals surface area contributed by atoms with Crippen LogP contribution < -0.4 is 0 Å². The summed E-state index contributed by atoms with van der Waals surface area (Å²) in [5, 5.41) is 3.04. The first-order valence-electron chi connectivity index (χ1n) is 5.79. The molecule has 1 aliphatic heterocycles. The highest BCUT2D eigenvalue weighted by molar-refractivity contribution is 9.10. The fourth-order valence-electron chi connectivity index (χ4n) is 2.05. The molecule has 4 nitrogen and oxygen atoms in total. The molecule has 0 aromatic carbocycles. The molecule has 0 N–H and O–H groups in total. The van der Waals surface area contributed by atoms with Gasteiger partial charge in [0.05, 0.1) is 13.2 Å². The maximum Gasteiger partial charge on any atom is 0.169 e. The number of morpholine rings is 1. The van der Waals surface area contributed by atoms with Crippen LogP contribution in [0.15, 0.2) is 32.8 Å². The van der Waals surface area contributed by atoms with E-state index >= 15 is 0 Å². The Labute approximate surface area is 118 Å². The lowest BCUT2D eigenvalue weighted by Gasteiger charge is -2.31. The van der Waals surface area contributed by atoms with Crippen molar-refractivity contribution in [3.63, 3.8) is 0 Å². The predicted molar refractivity (Wildman–Crippen MR) is 72.5 cm³/mol. The van der Waals surface area contributed by atoms with Crippen LogP contribution in [0.1, 0.15) is 16.9 Å². The van der Waals surface area contributed by atoms with E-state index in [4.69, 9.17) is 9.15 Å². The zero-order valence-electron chi connectivity index (χ0n) is 9.71. The number of thiazole rings is 1. The standard InChI is InChI=1S/C12H13BrN2O2S/c13-11-2-1-9(17-11)7-15-4-5-16-10(8-15)12-14-3-6-18-12/h1-3,6,10H,4-5,7-8H2/t10-/m1/s1. The molecule has 0 bridgehead atoms. The summed E-state index contributed by atoms with van der Waals surface area (Å²) in [6.07, 6.45) is 1.92. The van der Waals surface area contributed by atoms with E-state index in [1.54, 1.807) is 11.3 Å². The molecular formula is C12H13BrN2O2S. The Morgan fingerprint density at radius 2 is 2.44 bits per heavy atom. The van der Waals surface area contributed by atoms with Crippen molar-refractivity contribution in [1.82, 2.24) is 9.88 Å². The van der Waals surface area contributed by atoms with Crippen molar-refractivity contribution >= 4 is 27.3 Å². The van der Waals surface area contributed by atoms with Gasteiger partial charge >= 0.3 is 0 Å². The van der Waals surface area contributed by atoms with Crippen molar-refractivity contribution in [2.45, 2.75) is 12.6 Å². The van der Waals surface area contributed by atoms with Crippen molar-refractivity contribution in [1.29, 1.82) is 0 Å². The molecule has 18 heavy (non-hydrogen) atoms. The SMILES string of the molecule is Brc1ccc(CN2CCO[C@@H](c3nccs3)C2)o1. The van der Waals surface area contributed by atoms with Crippen molar-refractivity contribution in [3.8, 4) is 0 Å². The highest BCUT2D eigenvalue weighted by Crippen LogP contribution is 2.25. The zero-order chi connectivity index (χ0) is 12.4. The molecule has 2 aromatic heterocycles. The van der Waals surface area contributed by atoms with Gasteiger partial charge in [-0.15, -0.1) is 11.3 Å². The fourth-order valence-corrected chi connectivity index (χ4v) is 3.06. The van der Waals surface area contributed by atoms with Crippen LogP contribution in [0.5, 0.6) is 0 Å². The fraction of sp³-hybridized carbons (Fsp3) is 0.417. The summed E-state index contributed by atoms with van der Waals surface area (Å²) in [6.45, 7) is 3.36. The average Bonchev–Trinajstić information content (AvgIpc) is 3.01. The first-order chi connectivity index (χ1) is 8.81. The highest BCUT2D eigenvalue weighted by atomic mass is 79.9. The van der Waals surface area contributed by atoms with Gasteiger partial charge in [0, 0.05) is 24.7 Å². The van der Waals surface area contributed by atoms with E-state index in [1.807, 2.05) is 23.7 Å². The second-order valence-electron chi connectivity index (χ2n) is 4.17. The van der Waals surface area contributed by atoms with Gasteiger partial charge in [-0.05, 0) is 28.1 Å². The van der Waals surface area contributed by atoms with Crippen LogP contribution in [-0.4, -0.2) is 29.6 Å². The van der Waals surface area contributed by atoms with Crippen LogP contribution in [-0.2, 0) is 11.3 Å². The molecule has 0 amide bonds. The second kappa shape index (κ2) is 5.52. The molecule has 1 atom stereocenters.